The molecule has 0 amide bonds. The highest BCUT2D eigenvalue weighted by atomic mass is 16.6. The third-order valence-electron chi connectivity index (χ3n) is 16.4. The highest BCUT2D eigenvalue weighted by molar-refractivity contribution is 5.72. The molecule has 0 fully saturated rings. The first-order valence-electron chi connectivity index (χ1n) is 36.7. The molecule has 0 aromatic rings. The van der Waals surface area contributed by atoms with Gasteiger partial charge in [-0.05, 0) is 128 Å². The lowest BCUT2D eigenvalue weighted by molar-refractivity contribution is -0.183. The second-order valence-electron chi connectivity index (χ2n) is 24.8. The standard InChI is InChI=1S/C76H138O8/c1-5-9-13-17-21-25-29-33-37-41-45-49-53-57-61-65-73(77)81-69-71(83-75(79)67-63-59-55-51-47-43-39-35-31-27-23-19-15-11-7-3)72(84-76(80)68-64-60-56-52-48-44-40-36-32-28-24-20-16-12-8-4)70-82-74(78)66-62-58-54-50-46-42-38-34-30-26-22-18-14-10-6-2/h33-40,71-72H,5-32,41-70H2,1-4H3/b37-33-,38-34-,39-35-,40-36-. The van der Waals surface area contributed by atoms with Gasteiger partial charge in [-0.15, -0.1) is 0 Å². The minimum Gasteiger partial charge on any atom is -0.462 e. The zero-order valence-electron chi connectivity index (χ0n) is 56.1. The van der Waals surface area contributed by atoms with E-state index in [9.17, 15) is 19.2 Å². The minimum atomic E-state index is -1.09. The van der Waals surface area contributed by atoms with E-state index in [1.165, 1.54) is 180 Å². The molecule has 8 heteroatoms. The van der Waals surface area contributed by atoms with Gasteiger partial charge in [0.15, 0.2) is 12.2 Å². The van der Waals surface area contributed by atoms with Crippen molar-refractivity contribution in [2.75, 3.05) is 13.2 Å². The lowest BCUT2D eigenvalue weighted by Crippen LogP contribution is -2.42. The van der Waals surface area contributed by atoms with Gasteiger partial charge in [0, 0.05) is 25.7 Å². The van der Waals surface area contributed by atoms with E-state index < -0.39 is 24.1 Å². The number of ether oxygens (including phenoxy) is 4. The van der Waals surface area contributed by atoms with Gasteiger partial charge in [-0.3, -0.25) is 19.2 Å². The van der Waals surface area contributed by atoms with Crippen LogP contribution in [0.15, 0.2) is 48.6 Å². The van der Waals surface area contributed by atoms with Gasteiger partial charge in [-0.2, -0.15) is 0 Å². The highest BCUT2D eigenvalue weighted by Crippen LogP contribution is 2.19. The van der Waals surface area contributed by atoms with Crippen molar-refractivity contribution in [3.8, 4) is 0 Å². The van der Waals surface area contributed by atoms with E-state index in [1.54, 1.807) is 0 Å². The van der Waals surface area contributed by atoms with Crippen LogP contribution in [0.1, 0.15) is 387 Å². The van der Waals surface area contributed by atoms with Crippen molar-refractivity contribution in [2.24, 2.45) is 0 Å². The van der Waals surface area contributed by atoms with Crippen LogP contribution in [0.3, 0.4) is 0 Å². The maximum atomic E-state index is 13.6. The van der Waals surface area contributed by atoms with Gasteiger partial charge in [0.1, 0.15) is 13.2 Å². The summed E-state index contributed by atoms with van der Waals surface area (Å²) < 4.78 is 23.7. The van der Waals surface area contributed by atoms with E-state index in [0.717, 1.165) is 141 Å². The quantitative estimate of drug-likeness (QED) is 0.0257. The predicted octanol–water partition coefficient (Wildman–Crippen LogP) is 24.0. The smallest absolute Gasteiger partial charge is 0.306 e. The van der Waals surface area contributed by atoms with E-state index in [0.29, 0.717) is 12.8 Å². The zero-order chi connectivity index (χ0) is 61.0. The van der Waals surface area contributed by atoms with Crippen molar-refractivity contribution in [1.29, 1.82) is 0 Å². The van der Waals surface area contributed by atoms with E-state index in [-0.39, 0.29) is 50.8 Å². The molecule has 0 aliphatic carbocycles. The molecule has 0 saturated carbocycles. The van der Waals surface area contributed by atoms with Gasteiger partial charge in [0.25, 0.3) is 0 Å². The normalized spacial score (nSPS) is 12.6. The Balaban J connectivity index is 5.47. The molecule has 0 aliphatic rings. The molecule has 0 N–H and O–H groups in total. The monoisotopic (exact) mass is 1180 g/mol. The summed E-state index contributed by atoms with van der Waals surface area (Å²) >= 11 is 0. The Morgan fingerprint density at radius 2 is 0.393 bits per heavy atom. The molecule has 0 saturated heterocycles. The first-order valence-corrected chi connectivity index (χ1v) is 36.7. The molecule has 0 heterocycles. The fourth-order valence-electron chi connectivity index (χ4n) is 10.7. The van der Waals surface area contributed by atoms with Crippen molar-refractivity contribution in [1.82, 2.24) is 0 Å². The summed E-state index contributed by atoms with van der Waals surface area (Å²) in [7, 11) is 0. The Bertz CT molecular complexity index is 1420. The summed E-state index contributed by atoms with van der Waals surface area (Å²) in [5, 5.41) is 0. The Morgan fingerprint density at radius 1 is 0.226 bits per heavy atom. The summed E-state index contributed by atoms with van der Waals surface area (Å²) in [6.07, 6.45) is 78.1. The fraction of sp³-hybridized carbons (Fsp3) is 0.842. The fourth-order valence-corrected chi connectivity index (χ4v) is 10.7. The van der Waals surface area contributed by atoms with Crippen LogP contribution in [-0.4, -0.2) is 49.3 Å². The van der Waals surface area contributed by atoms with Gasteiger partial charge in [0.2, 0.25) is 0 Å². The number of carbonyl (C=O) groups is 4. The van der Waals surface area contributed by atoms with Gasteiger partial charge in [-0.25, -0.2) is 0 Å². The minimum absolute atomic E-state index is 0.211. The third kappa shape index (κ3) is 63.3. The average molecular weight is 1180 g/mol. The summed E-state index contributed by atoms with van der Waals surface area (Å²) in [5.74, 6) is -1.59. The van der Waals surface area contributed by atoms with Crippen LogP contribution in [0.5, 0.6) is 0 Å². The number of carbonyl (C=O) groups excluding carboxylic acids is 4. The van der Waals surface area contributed by atoms with Crippen LogP contribution in [-0.2, 0) is 38.1 Å². The molecule has 0 radical (unpaired) electrons. The third-order valence-corrected chi connectivity index (χ3v) is 16.4. The molecule has 0 aromatic heterocycles. The van der Waals surface area contributed by atoms with Gasteiger partial charge in [-0.1, -0.05) is 282 Å². The van der Waals surface area contributed by atoms with E-state index in [1.807, 2.05) is 0 Å². The second-order valence-corrected chi connectivity index (χ2v) is 24.8. The van der Waals surface area contributed by atoms with Crippen LogP contribution in [0.4, 0.5) is 0 Å². The zero-order valence-corrected chi connectivity index (χ0v) is 56.1. The summed E-state index contributed by atoms with van der Waals surface area (Å²) in [6, 6.07) is 0. The molecule has 490 valence electrons. The Morgan fingerprint density at radius 3 is 0.595 bits per heavy atom. The maximum Gasteiger partial charge on any atom is 0.306 e. The molecule has 84 heavy (non-hydrogen) atoms. The van der Waals surface area contributed by atoms with Gasteiger partial charge >= 0.3 is 23.9 Å². The molecule has 2 unspecified atom stereocenters. The van der Waals surface area contributed by atoms with E-state index in [4.69, 9.17) is 18.9 Å². The van der Waals surface area contributed by atoms with Crippen molar-refractivity contribution in [3.63, 3.8) is 0 Å². The van der Waals surface area contributed by atoms with Gasteiger partial charge in [0.05, 0.1) is 0 Å². The first kappa shape index (κ1) is 80.8. The molecule has 0 aliphatic heterocycles. The molecular formula is C76H138O8. The summed E-state index contributed by atoms with van der Waals surface area (Å²) in [6.45, 7) is 8.51. The molecule has 2 atom stereocenters. The van der Waals surface area contributed by atoms with Crippen LogP contribution < -0.4 is 0 Å². The summed E-state index contributed by atoms with van der Waals surface area (Å²) in [5.41, 5.74) is 0. The Hall–Kier alpha value is -3.16. The highest BCUT2D eigenvalue weighted by Gasteiger charge is 2.32. The molecule has 8 nitrogen and oxygen atoms in total. The van der Waals surface area contributed by atoms with Crippen molar-refractivity contribution < 1.29 is 38.1 Å². The number of allylic oxidation sites excluding steroid dienone is 8. The van der Waals surface area contributed by atoms with Gasteiger partial charge < -0.3 is 18.9 Å². The number of rotatable bonds is 67. The van der Waals surface area contributed by atoms with Crippen LogP contribution in [0, 0.1) is 0 Å². The summed E-state index contributed by atoms with van der Waals surface area (Å²) in [4.78, 5) is 53.5. The number of unbranched alkanes of at least 4 members (excludes halogenated alkanes) is 44. The van der Waals surface area contributed by atoms with E-state index >= 15 is 0 Å². The SMILES string of the molecule is CCCCCCCC/C=C\CCCCCCCC(=O)OCC(OC(=O)CCCCCCC/C=C\CCCCCCCC)C(COC(=O)CCCCCCC/C=C\CCCCCCCC)OC(=O)CCCCCCC/C=C\CCCCCCCC. The van der Waals surface area contributed by atoms with Crippen molar-refractivity contribution in [2.45, 2.75) is 399 Å². The van der Waals surface area contributed by atoms with Crippen LogP contribution in [0.2, 0.25) is 0 Å². The van der Waals surface area contributed by atoms with Crippen molar-refractivity contribution in [3.05, 3.63) is 48.6 Å². The number of hydrogen-bond acceptors (Lipinski definition) is 8. The maximum absolute atomic E-state index is 13.6. The first-order chi connectivity index (χ1) is 41.4. The van der Waals surface area contributed by atoms with E-state index in [2.05, 4.69) is 76.3 Å². The van der Waals surface area contributed by atoms with Crippen LogP contribution in [0.25, 0.3) is 0 Å². The lowest BCUT2D eigenvalue weighted by Gasteiger charge is -2.27. The topological polar surface area (TPSA) is 105 Å². The largest absolute Gasteiger partial charge is 0.462 e. The Labute approximate surface area is 520 Å². The average Bonchev–Trinajstić information content (AvgIpc) is 3.49. The molecule has 0 aromatic carbocycles. The van der Waals surface area contributed by atoms with Crippen LogP contribution >= 0.6 is 0 Å². The lowest BCUT2D eigenvalue weighted by atomic mass is 10.1. The molecule has 0 spiro atoms. The van der Waals surface area contributed by atoms with Crippen molar-refractivity contribution >= 4 is 23.9 Å². The number of esters is 4. The predicted molar refractivity (Wildman–Crippen MR) is 359 cm³/mol. The molecule has 0 rings (SSSR count). The number of hydrogen-bond donors (Lipinski definition) is 0. The molecule has 0 bridgehead atoms. The molecular weight excluding hydrogens is 1040 g/mol. The Kier molecular flexibility index (Phi) is 66.4. The second kappa shape index (κ2) is 68.9.